The van der Waals surface area contributed by atoms with Crippen LogP contribution in [0.5, 0.6) is 0 Å². The molecule has 3 aliphatic carbocycles. The molecule has 14 heteroatoms. The second kappa shape index (κ2) is 17.2. The van der Waals surface area contributed by atoms with Crippen molar-refractivity contribution in [2.24, 2.45) is 28.6 Å². The Kier molecular flexibility index (Phi) is 13.4. The summed E-state index contributed by atoms with van der Waals surface area (Å²) in [5.74, 6) is -7.73. The number of esters is 7. The Hall–Kier alpha value is -5.01. The van der Waals surface area contributed by atoms with E-state index in [1.807, 2.05) is 32.0 Å². The minimum atomic E-state index is -1.60. The van der Waals surface area contributed by atoms with Crippen LogP contribution in [0.2, 0.25) is 0 Å². The van der Waals surface area contributed by atoms with Crippen molar-refractivity contribution in [1.82, 2.24) is 0 Å². The van der Waals surface area contributed by atoms with Gasteiger partial charge < -0.3 is 33.2 Å². The zero-order valence-corrected chi connectivity index (χ0v) is 33.1. The number of hydrogen-bond donors (Lipinski definition) is 0. The molecular weight excluding hydrogens is 716 g/mol. The molecule has 0 N–H and O–H groups in total. The number of rotatable bonds is 10. The molecule has 55 heavy (non-hydrogen) atoms. The molecule has 0 amide bonds. The van der Waals surface area contributed by atoms with Crippen molar-refractivity contribution in [1.29, 1.82) is 0 Å². The summed E-state index contributed by atoms with van der Waals surface area (Å²) in [7, 11) is 0. The van der Waals surface area contributed by atoms with Crippen LogP contribution in [0.25, 0.3) is 6.08 Å². The molecule has 1 aromatic carbocycles. The highest BCUT2D eigenvalue weighted by molar-refractivity contribution is 5.87. The molecule has 2 saturated carbocycles. The van der Waals surface area contributed by atoms with Gasteiger partial charge in [0.2, 0.25) is 0 Å². The highest BCUT2D eigenvalue weighted by Crippen LogP contribution is 2.62. The van der Waals surface area contributed by atoms with Gasteiger partial charge in [0.25, 0.3) is 0 Å². The monoisotopic (exact) mass is 768 g/mol. The van der Waals surface area contributed by atoms with Gasteiger partial charge in [-0.05, 0) is 41.5 Å². The molecule has 14 nitrogen and oxygen atoms in total. The zero-order chi connectivity index (χ0) is 41.0. The fourth-order valence-electron chi connectivity index (χ4n) is 9.21. The fourth-order valence-corrected chi connectivity index (χ4v) is 9.21. The van der Waals surface area contributed by atoms with Crippen LogP contribution >= 0.6 is 0 Å². The second-order valence-electron chi connectivity index (χ2n) is 15.3. The Balaban J connectivity index is 2.08. The van der Waals surface area contributed by atoms with Crippen LogP contribution in [-0.4, -0.2) is 85.0 Å². The van der Waals surface area contributed by atoms with E-state index >= 15 is 0 Å². The van der Waals surface area contributed by atoms with Crippen molar-refractivity contribution in [2.45, 2.75) is 119 Å². The first kappa shape index (κ1) is 42.7. The Morgan fingerprint density at radius 2 is 1.27 bits per heavy atom. The van der Waals surface area contributed by atoms with Gasteiger partial charge >= 0.3 is 41.8 Å². The van der Waals surface area contributed by atoms with Crippen molar-refractivity contribution in [3.05, 3.63) is 53.1 Å². The van der Waals surface area contributed by atoms with E-state index in [0.717, 1.165) is 5.56 Å². The predicted octanol–water partition coefficient (Wildman–Crippen LogP) is 4.85. The Morgan fingerprint density at radius 3 is 1.82 bits per heavy atom. The van der Waals surface area contributed by atoms with Gasteiger partial charge in [-0.25, -0.2) is 4.79 Å². The summed E-state index contributed by atoms with van der Waals surface area (Å²) in [6, 6.07) is 9.05. The topological polar surface area (TPSA) is 184 Å². The molecule has 3 aliphatic rings. The molecule has 4 rings (SSSR count). The van der Waals surface area contributed by atoms with Gasteiger partial charge in [0.05, 0.1) is 12.0 Å². The quantitative estimate of drug-likeness (QED) is 0.136. The predicted molar refractivity (Wildman–Crippen MR) is 194 cm³/mol. The molecule has 0 spiro atoms. The van der Waals surface area contributed by atoms with Crippen LogP contribution in [-0.2, 0) is 66.7 Å². The third-order valence-corrected chi connectivity index (χ3v) is 11.2. The molecule has 1 aromatic rings. The summed E-state index contributed by atoms with van der Waals surface area (Å²) in [5, 5.41) is 0. The van der Waals surface area contributed by atoms with Crippen LogP contribution in [0.4, 0.5) is 0 Å². The highest BCUT2D eigenvalue weighted by atomic mass is 16.6. The lowest BCUT2D eigenvalue weighted by Gasteiger charge is -2.62. The summed E-state index contributed by atoms with van der Waals surface area (Å²) >= 11 is 0. The summed E-state index contributed by atoms with van der Waals surface area (Å²) in [4.78, 5) is 90.9. The molecule has 0 saturated heterocycles. The first-order valence-corrected chi connectivity index (χ1v) is 18.3. The normalized spacial score (nSPS) is 31.1. The summed E-state index contributed by atoms with van der Waals surface area (Å²) in [6.07, 6.45) is -4.38. The maximum Gasteiger partial charge on any atom is 0.330 e. The van der Waals surface area contributed by atoms with Gasteiger partial charge in [-0.1, -0.05) is 51.1 Å². The average Bonchev–Trinajstić information content (AvgIpc) is 3.06. The van der Waals surface area contributed by atoms with Crippen molar-refractivity contribution in [2.75, 3.05) is 6.61 Å². The van der Waals surface area contributed by atoms with Crippen molar-refractivity contribution < 1.29 is 66.7 Å². The van der Waals surface area contributed by atoms with Gasteiger partial charge in [-0.3, -0.25) is 28.8 Å². The van der Waals surface area contributed by atoms with E-state index in [4.69, 9.17) is 33.2 Å². The van der Waals surface area contributed by atoms with E-state index in [2.05, 4.69) is 0 Å². The Morgan fingerprint density at radius 1 is 0.709 bits per heavy atom. The SMILES string of the molecule is CC(=O)O[C@H]1[C@@H]2[C@H](COC(=O)/C=C/c3ccccc3)[C@@H](OC(C)=O)C[C@H](OC(C)=O)[C@@]2(C)[C@@H](OC(C)=O)[C@H](OC(C)=O)C2=C(C)[C@@H](OC(C)=O)C[C@@H]1C2(C)C. The van der Waals surface area contributed by atoms with Gasteiger partial charge in [0.1, 0.15) is 24.4 Å². The number of ether oxygens (including phenoxy) is 7. The molecule has 2 fully saturated rings. The first-order valence-electron chi connectivity index (χ1n) is 18.3. The van der Waals surface area contributed by atoms with Crippen LogP contribution in [0.15, 0.2) is 47.6 Å². The van der Waals surface area contributed by atoms with Gasteiger partial charge in [0.15, 0.2) is 12.2 Å². The molecule has 10 atom stereocenters. The highest BCUT2D eigenvalue weighted by Gasteiger charge is 2.69. The number of fused-ring (bicyclic) bond motifs is 3. The zero-order valence-electron chi connectivity index (χ0n) is 33.1. The van der Waals surface area contributed by atoms with Gasteiger partial charge in [-0.15, -0.1) is 0 Å². The number of hydrogen-bond acceptors (Lipinski definition) is 14. The van der Waals surface area contributed by atoms with Crippen LogP contribution < -0.4 is 0 Å². The lowest BCUT2D eigenvalue weighted by Crippen LogP contribution is -2.70. The van der Waals surface area contributed by atoms with E-state index in [0.29, 0.717) is 11.1 Å². The van der Waals surface area contributed by atoms with E-state index in [9.17, 15) is 33.6 Å². The maximum absolute atomic E-state index is 13.3. The molecule has 300 valence electrons. The largest absolute Gasteiger partial charge is 0.462 e. The first-order chi connectivity index (χ1) is 25.7. The minimum absolute atomic E-state index is 0.125. The fraction of sp³-hybridized carbons (Fsp3) is 0.585. The Labute approximate surface area is 321 Å². The number of carbonyl (C=O) groups is 7. The molecule has 0 aliphatic heterocycles. The average molecular weight is 769 g/mol. The molecule has 0 unspecified atom stereocenters. The smallest absolute Gasteiger partial charge is 0.330 e. The minimum Gasteiger partial charge on any atom is -0.462 e. The van der Waals surface area contributed by atoms with Crippen molar-refractivity contribution >= 4 is 47.9 Å². The summed E-state index contributed by atoms with van der Waals surface area (Å²) in [5.41, 5.74) is -0.878. The number of benzene rings is 1. The molecule has 0 heterocycles. The van der Waals surface area contributed by atoms with E-state index in [1.165, 1.54) is 47.6 Å². The van der Waals surface area contributed by atoms with Crippen molar-refractivity contribution in [3.63, 3.8) is 0 Å². The lowest BCUT2D eigenvalue weighted by atomic mass is 9.47. The molecule has 0 radical (unpaired) electrons. The van der Waals surface area contributed by atoms with Crippen LogP contribution in [0, 0.1) is 28.6 Å². The van der Waals surface area contributed by atoms with Gasteiger partial charge in [-0.2, -0.15) is 0 Å². The second-order valence-corrected chi connectivity index (χ2v) is 15.3. The Bertz CT molecular complexity index is 1730. The maximum atomic E-state index is 13.3. The van der Waals surface area contributed by atoms with E-state index in [-0.39, 0.29) is 12.8 Å². The van der Waals surface area contributed by atoms with Crippen LogP contribution in [0.3, 0.4) is 0 Å². The molecular formula is C41H52O14. The lowest BCUT2D eigenvalue weighted by molar-refractivity contribution is -0.259. The summed E-state index contributed by atoms with van der Waals surface area (Å²) in [6.45, 7) is 14.0. The molecule has 2 bridgehead atoms. The van der Waals surface area contributed by atoms with E-state index in [1.54, 1.807) is 32.1 Å². The van der Waals surface area contributed by atoms with Crippen LogP contribution in [0.1, 0.15) is 87.6 Å². The van der Waals surface area contributed by atoms with Gasteiger partial charge in [0, 0.05) is 71.8 Å². The summed E-state index contributed by atoms with van der Waals surface area (Å²) < 4.78 is 42.2. The molecule has 0 aromatic heterocycles. The third-order valence-electron chi connectivity index (χ3n) is 11.2. The van der Waals surface area contributed by atoms with E-state index < -0.39 is 114 Å². The van der Waals surface area contributed by atoms with Crippen molar-refractivity contribution in [3.8, 4) is 0 Å². The third kappa shape index (κ3) is 9.45. The number of carbonyl (C=O) groups excluding carboxylic acids is 7. The standard InChI is InChI=1S/C41H52O14/c1-21-31(50-22(2)42)18-30-37(53-25(5)45)36-29(20-49-34(48)17-16-28-14-12-11-13-15-28)32(51-23(3)43)19-33(52-24(4)44)41(36,10)39(55-27(7)47)38(54-26(6)46)35(21)40(30,8)9/h11-17,29-33,36-39H,18-20H2,1-10H3/b17-16+/t29-,30+,31+,32+,33+,36+,37-,38-,39+,41-/m1/s1.